The molecule has 5 rings (SSSR count). The molecule has 0 spiro atoms. The van der Waals surface area contributed by atoms with Gasteiger partial charge in [0.2, 0.25) is 5.88 Å². The van der Waals surface area contributed by atoms with Crippen molar-refractivity contribution in [3.8, 4) is 23.0 Å². The fraction of sp³-hybridized carbons (Fsp3) is 0.120. The molecule has 164 valence electrons. The second-order valence-corrected chi connectivity index (χ2v) is 7.36. The average Bonchev–Trinajstić information content (AvgIpc) is 3.29. The summed E-state index contributed by atoms with van der Waals surface area (Å²) in [6.45, 7) is 0.616. The van der Waals surface area contributed by atoms with Crippen LogP contribution in [0, 0.1) is 0 Å². The summed E-state index contributed by atoms with van der Waals surface area (Å²) in [7, 11) is 1.62. The Hall–Kier alpha value is -4.46. The predicted molar refractivity (Wildman–Crippen MR) is 125 cm³/mol. The molecule has 8 heteroatoms. The van der Waals surface area contributed by atoms with Crippen LogP contribution < -0.4 is 14.8 Å². The number of aromatic nitrogens is 4. The number of carbonyl (C=O) groups is 1. The number of methoxy groups -OCH3 is 1. The van der Waals surface area contributed by atoms with Gasteiger partial charge in [-0.3, -0.25) is 4.79 Å². The molecule has 0 radical (unpaired) electrons. The summed E-state index contributed by atoms with van der Waals surface area (Å²) < 4.78 is 12.7. The van der Waals surface area contributed by atoms with Gasteiger partial charge in [-0.25, -0.2) is 0 Å². The van der Waals surface area contributed by atoms with E-state index >= 15 is 0 Å². The Morgan fingerprint density at radius 1 is 0.939 bits per heavy atom. The van der Waals surface area contributed by atoms with Crippen LogP contribution >= 0.6 is 0 Å². The van der Waals surface area contributed by atoms with Crippen molar-refractivity contribution < 1.29 is 14.3 Å². The fourth-order valence-electron chi connectivity index (χ4n) is 3.54. The Labute approximate surface area is 189 Å². The molecule has 2 aromatic heterocycles. The maximum absolute atomic E-state index is 12.5. The molecule has 0 aliphatic heterocycles. The summed E-state index contributed by atoms with van der Waals surface area (Å²) in [5.41, 5.74) is 2.04. The third kappa shape index (κ3) is 4.31. The van der Waals surface area contributed by atoms with Crippen LogP contribution in [0.5, 0.6) is 11.6 Å². The van der Waals surface area contributed by atoms with Gasteiger partial charge >= 0.3 is 0 Å². The quantitative estimate of drug-likeness (QED) is 0.388. The third-order valence-electron chi connectivity index (χ3n) is 5.22. The monoisotopic (exact) mass is 439 g/mol. The smallest absolute Gasteiger partial charge is 0.251 e. The summed E-state index contributed by atoms with van der Waals surface area (Å²) in [4.78, 5) is 12.5. The number of fused-ring (bicyclic) bond motifs is 2. The Balaban J connectivity index is 1.23. The van der Waals surface area contributed by atoms with Gasteiger partial charge in [0.05, 0.1) is 13.7 Å². The van der Waals surface area contributed by atoms with Crippen LogP contribution in [0.4, 0.5) is 0 Å². The lowest BCUT2D eigenvalue weighted by Crippen LogP contribution is -2.28. The first-order valence-corrected chi connectivity index (χ1v) is 10.5. The maximum atomic E-state index is 12.5. The Morgan fingerprint density at radius 3 is 2.70 bits per heavy atom. The van der Waals surface area contributed by atoms with Crippen molar-refractivity contribution in [2.24, 2.45) is 0 Å². The predicted octanol–water partition coefficient (Wildman–Crippen LogP) is 3.76. The van der Waals surface area contributed by atoms with E-state index in [0.29, 0.717) is 29.5 Å². The first kappa shape index (κ1) is 20.4. The molecule has 2 heterocycles. The van der Waals surface area contributed by atoms with Crippen LogP contribution in [0.1, 0.15) is 10.4 Å². The molecule has 8 nitrogen and oxygen atoms in total. The summed E-state index contributed by atoms with van der Waals surface area (Å²) in [6, 6.07) is 24.6. The minimum Gasteiger partial charge on any atom is -0.497 e. The van der Waals surface area contributed by atoms with E-state index in [1.54, 1.807) is 23.8 Å². The van der Waals surface area contributed by atoms with Crippen LogP contribution in [-0.2, 0) is 0 Å². The van der Waals surface area contributed by atoms with Gasteiger partial charge in [-0.05, 0) is 41.1 Å². The van der Waals surface area contributed by atoms with Gasteiger partial charge in [0.25, 0.3) is 5.91 Å². The molecular weight excluding hydrogens is 418 g/mol. The normalized spacial score (nSPS) is 10.9. The molecule has 0 saturated carbocycles. The zero-order valence-corrected chi connectivity index (χ0v) is 17.9. The molecule has 3 aromatic carbocycles. The van der Waals surface area contributed by atoms with E-state index in [0.717, 1.165) is 22.1 Å². The molecule has 0 saturated heterocycles. The second kappa shape index (κ2) is 8.96. The standard InChI is InChI=1S/C25H21N5O3/c1-32-21-8-4-7-19(16-21)24-28-27-22-11-12-23(29-30(22)24)33-14-13-26-25(31)20-10-9-17-5-2-3-6-18(17)15-20/h2-12,15-16H,13-14H2,1H3,(H,26,31). The molecule has 0 unspecified atom stereocenters. The highest BCUT2D eigenvalue weighted by atomic mass is 16.5. The van der Waals surface area contributed by atoms with Gasteiger partial charge in [0.1, 0.15) is 12.4 Å². The molecule has 0 aliphatic carbocycles. The first-order valence-electron chi connectivity index (χ1n) is 10.5. The van der Waals surface area contributed by atoms with Gasteiger partial charge in [-0.2, -0.15) is 4.52 Å². The average molecular weight is 439 g/mol. The highest BCUT2D eigenvalue weighted by molar-refractivity contribution is 5.98. The van der Waals surface area contributed by atoms with Crippen molar-refractivity contribution >= 4 is 22.3 Å². The second-order valence-electron chi connectivity index (χ2n) is 7.36. The molecule has 1 amide bonds. The van der Waals surface area contributed by atoms with Crippen molar-refractivity contribution in [2.75, 3.05) is 20.3 Å². The zero-order valence-electron chi connectivity index (χ0n) is 17.9. The molecule has 33 heavy (non-hydrogen) atoms. The molecular formula is C25H21N5O3. The van der Waals surface area contributed by atoms with E-state index in [1.165, 1.54) is 0 Å². The van der Waals surface area contributed by atoms with E-state index in [2.05, 4.69) is 20.6 Å². The van der Waals surface area contributed by atoms with Crippen molar-refractivity contribution in [1.82, 2.24) is 25.1 Å². The summed E-state index contributed by atoms with van der Waals surface area (Å²) in [5, 5.41) is 17.9. The Bertz CT molecular complexity index is 1450. The molecule has 1 N–H and O–H groups in total. The highest BCUT2D eigenvalue weighted by Crippen LogP contribution is 2.23. The van der Waals surface area contributed by atoms with E-state index in [9.17, 15) is 4.79 Å². The van der Waals surface area contributed by atoms with Crippen LogP contribution in [0.15, 0.2) is 78.9 Å². The molecule has 0 bridgehead atoms. The number of amides is 1. The molecule has 5 aromatic rings. The minimum atomic E-state index is -0.146. The van der Waals surface area contributed by atoms with Crippen LogP contribution in [0.2, 0.25) is 0 Å². The van der Waals surface area contributed by atoms with Crippen molar-refractivity contribution in [3.63, 3.8) is 0 Å². The van der Waals surface area contributed by atoms with Gasteiger partial charge in [-0.15, -0.1) is 15.3 Å². The van der Waals surface area contributed by atoms with E-state index < -0.39 is 0 Å². The first-order chi connectivity index (χ1) is 16.2. The lowest BCUT2D eigenvalue weighted by molar-refractivity contribution is 0.0946. The van der Waals surface area contributed by atoms with E-state index in [4.69, 9.17) is 9.47 Å². The Kier molecular flexibility index (Phi) is 5.55. The number of nitrogens with one attached hydrogen (secondary N) is 1. The Morgan fingerprint density at radius 2 is 1.82 bits per heavy atom. The van der Waals surface area contributed by atoms with Crippen molar-refractivity contribution in [1.29, 1.82) is 0 Å². The number of rotatable bonds is 7. The molecule has 0 aliphatic rings. The van der Waals surface area contributed by atoms with Gasteiger partial charge in [0.15, 0.2) is 11.5 Å². The zero-order chi connectivity index (χ0) is 22.6. The number of carbonyl (C=O) groups excluding carboxylic acids is 1. The van der Waals surface area contributed by atoms with Gasteiger partial charge < -0.3 is 14.8 Å². The van der Waals surface area contributed by atoms with Crippen molar-refractivity contribution in [2.45, 2.75) is 0 Å². The summed E-state index contributed by atoms with van der Waals surface area (Å²) in [6.07, 6.45) is 0. The fourth-order valence-corrected chi connectivity index (χ4v) is 3.54. The van der Waals surface area contributed by atoms with Crippen LogP contribution in [-0.4, -0.2) is 46.0 Å². The number of ether oxygens (including phenoxy) is 2. The number of benzene rings is 3. The van der Waals surface area contributed by atoms with Gasteiger partial charge in [-0.1, -0.05) is 42.5 Å². The number of hydrogen-bond acceptors (Lipinski definition) is 6. The molecule has 0 fully saturated rings. The van der Waals surface area contributed by atoms with E-state index in [-0.39, 0.29) is 12.5 Å². The third-order valence-corrected chi connectivity index (χ3v) is 5.22. The number of nitrogens with zero attached hydrogens (tertiary/aromatic N) is 4. The largest absolute Gasteiger partial charge is 0.497 e. The highest BCUT2D eigenvalue weighted by Gasteiger charge is 2.12. The van der Waals surface area contributed by atoms with Crippen LogP contribution in [0.3, 0.4) is 0 Å². The van der Waals surface area contributed by atoms with Crippen molar-refractivity contribution in [3.05, 3.63) is 84.4 Å². The lowest BCUT2D eigenvalue weighted by atomic mass is 10.1. The van der Waals surface area contributed by atoms with Crippen LogP contribution in [0.25, 0.3) is 27.8 Å². The SMILES string of the molecule is COc1cccc(-c2nnc3ccc(OCCNC(=O)c4ccc5ccccc5c4)nn23)c1. The molecule has 0 atom stereocenters. The topological polar surface area (TPSA) is 90.6 Å². The summed E-state index contributed by atoms with van der Waals surface area (Å²) >= 11 is 0. The lowest BCUT2D eigenvalue weighted by Gasteiger charge is -2.08. The van der Waals surface area contributed by atoms with E-state index in [1.807, 2.05) is 66.7 Å². The summed E-state index contributed by atoms with van der Waals surface area (Å²) in [5.74, 6) is 1.57. The van der Waals surface area contributed by atoms with Gasteiger partial charge in [0, 0.05) is 17.2 Å². The minimum absolute atomic E-state index is 0.146. The maximum Gasteiger partial charge on any atom is 0.251 e. The number of hydrogen-bond donors (Lipinski definition) is 1.